The molecule has 0 saturated carbocycles. The number of amides is 3. The summed E-state index contributed by atoms with van der Waals surface area (Å²) >= 11 is 0. The Hall–Kier alpha value is -2.89. The van der Waals surface area contributed by atoms with Crippen LogP contribution >= 0.6 is 0 Å². The minimum absolute atomic E-state index is 0.0993. The smallest absolute Gasteiger partial charge is 0.326 e. The molecular formula is C20H39N7O5. The molecule has 0 aromatic rings. The number of nitrogens with two attached hydrogens (primary N) is 3. The lowest BCUT2D eigenvalue weighted by atomic mass is 9.97. The fourth-order valence-electron chi connectivity index (χ4n) is 2.86. The number of rotatable bonds is 15. The molecule has 3 amide bonds. The van der Waals surface area contributed by atoms with Gasteiger partial charge in [-0.25, -0.2) is 4.79 Å². The zero-order valence-electron chi connectivity index (χ0n) is 19.4. The highest BCUT2D eigenvalue weighted by Gasteiger charge is 2.29. The molecule has 0 saturated heterocycles. The number of carbonyl (C=O) groups is 4. The molecule has 0 aliphatic rings. The number of hydrogen-bond acceptors (Lipinski definition) is 6. The van der Waals surface area contributed by atoms with Gasteiger partial charge in [0.1, 0.15) is 12.1 Å². The van der Waals surface area contributed by atoms with Gasteiger partial charge in [-0.1, -0.05) is 34.1 Å². The van der Waals surface area contributed by atoms with E-state index in [-0.39, 0.29) is 37.3 Å². The van der Waals surface area contributed by atoms with Crippen LogP contribution in [0, 0.1) is 11.8 Å². The van der Waals surface area contributed by atoms with E-state index in [9.17, 15) is 24.3 Å². The molecular weight excluding hydrogens is 418 g/mol. The van der Waals surface area contributed by atoms with Crippen LogP contribution in [0.15, 0.2) is 4.99 Å². The maximum absolute atomic E-state index is 12.7. The zero-order valence-corrected chi connectivity index (χ0v) is 19.4. The first-order valence-electron chi connectivity index (χ1n) is 10.8. The van der Waals surface area contributed by atoms with E-state index in [0.717, 1.165) is 0 Å². The maximum atomic E-state index is 12.7. The van der Waals surface area contributed by atoms with Crippen molar-refractivity contribution in [1.82, 2.24) is 16.0 Å². The van der Waals surface area contributed by atoms with Crippen molar-refractivity contribution in [2.75, 3.05) is 13.1 Å². The van der Waals surface area contributed by atoms with Crippen molar-refractivity contribution < 1.29 is 24.3 Å². The highest BCUT2D eigenvalue weighted by molar-refractivity contribution is 5.92. The van der Waals surface area contributed by atoms with Crippen molar-refractivity contribution in [2.45, 2.75) is 71.5 Å². The Kier molecular flexibility index (Phi) is 13.6. The Morgan fingerprint density at radius 3 is 2.16 bits per heavy atom. The maximum Gasteiger partial charge on any atom is 0.326 e. The SMILES string of the molecule is CCC(C)C(NC(=O)CNC(=O)C(N)CC(C)C)C(=O)NC(CCCN=C(N)N)C(=O)O. The first-order valence-corrected chi connectivity index (χ1v) is 10.8. The molecule has 0 bridgehead atoms. The average molecular weight is 458 g/mol. The largest absolute Gasteiger partial charge is 0.480 e. The minimum Gasteiger partial charge on any atom is -0.480 e. The van der Waals surface area contributed by atoms with Gasteiger partial charge in [-0.2, -0.15) is 0 Å². The van der Waals surface area contributed by atoms with Gasteiger partial charge in [-0.15, -0.1) is 0 Å². The third-order valence-corrected chi connectivity index (χ3v) is 4.86. The molecule has 32 heavy (non-hydrogen) atoms. The summed E-state index contributed by atoms with van der Waals surface area (Å²) in [7, 11) is 0. The van der Waals surface area contributed by atoms with Crippen molar-refractivity contribution in [1.29, 1.82) is 0 Å². The van der Waals surface area contributed by atoms with E-state index >= 15 is 0 Å². The highest BCUT2D eigenvalue weighted by atomic mass is 16.4. The van der Waals surface area contributed by atoms with Gasteiger partial charge in [0.25, 0.3) is 0 Å². The van der Waals surface area contributed by atoms with Crippen LogP contribution in [0.3, 0.4) is 0 Å². The Morgan fingerprint density at radius 1 is 1.03 bits per heavy atom. The molecule has 0 aliphatic carbocycles. The summed E-state index contributed by atoms with van der Waals surface area (Å²) in [5.74, 6) is -3.00. The van der Waals surface area contributed by atoms with E-state index in [1.807, 2.05) is 20.8 Å². The molecule has 0 aromatic heterocycles. The summed E-state index contributed by atoms with van der Waals surface area (Å²) in [6.45, 7) is 7.35. The lowest BCUT2D eigenvalue weighted by Gasteiger charge is -2.25. The number of carboxylic acid groups (broad SMARTS) is 1. The molecule has 4 unspecified atom stereocenters. The molecule has 0 fully saturated rings. The van der Waals surface area contributed by atoms with Crippen LogP contribution in [-0.4, -0.2) is 66.0 Å². The van der Waals surface area contributed by atoms with Gasteiger partial charge in [-0.3, -0.25) is 19.4 Å². The molecule has 0 heterocycles. The molecule has 0 aliphatic heterocycles. The number of aliphatic imine (C=N–C) groups is 1. The standard InChI is InChI=1S/C20H39N7O5/c1-5-12(4)16(27-15(28)10-25-17(29)13(21)9-11(2)3)18(30)26-14(19(31)32)7-6-8-24-20(22)23/h11-14,16H,5-10,21H2,1-4H3,(H,25,29)(H,26,30)(H,27,28)(H,31,32)(H4,22,23,24). The number of carboxylic acids is 1. The van der Waals surface area contributed by atoms with Crippen molar-refractivity contribution in [3.05, 3.63) is 0 Å². The van der Waals surface area contributed by atoms with Crippen molar-refractivity contribution in [3.8, 4) is 0 Å². The molecule has 12 heteroatoms. The summed E-state index contributed by atoms with van der Waals surface area (Å²) < 4.78 is 0. The van der Waals surface area contributed by atoms with Crippen LogP contribution in [0.25, 0.3) is 0 Å². The van der Waals surface area contributed by atoms with Gasteiger partial charge < -0.3 is 38.3 Å². The monoisotopic (exact) mass is 457 g/mol. The molecule has 0 spiro atoms. The van der Waals surface area contributed by atoms with Crippen LogP contribution in [0.2, 0.25) is 0 Å². The van der Waals surface area contributed by atoms with Crippen molar-refractivity contribution >= 4 is 29.7 Å². The van der Waals surface area contributed by atoms with Crippen molar-refractivity contribution in [3.63, 3.8) is 0 Å². The van der Waals surface area contributed by atoms with Gasteiger partial charge in [0, 0.05) is 6.54 Å². The Morgan fingerprint density at radius 2 is 1.66 bits per heavy atom. The first kappa shape index (κ1) is 29.1. The van der Waals surface area contributed by atoms with Crippen LogP contribution in [-0.2, 0) is 19.2 Å². The van der Waals surface area contributed by atoms with Crippen molar-refractivity contribution in [2.24, 2.45) is 34.0 Å². The quantitative estimate of drug-likeness (QED) is 0.0882. The molecule has 12 nitrogen and oxygen atoms in total. The summed E-state index contributed by atoms with van der Waals surface area (Å²) in [5, 5.41) is 16.9. The van der Waals surface area contributed by atoms with Gasteiger partial charge in [-0.05, 0) is 31.1 Å². The highest BCUT2D eigenvalue weighted by Crippen LogP contribution is 2.09. The zero-order chi connectivity index (χ0) is 24.8. The molecule has 10 N–H and O–H groups in total. The number of nitrogens with one attached hydrogen (secondary N) is 3. The molecule has 0 aromatic carbocycles. The van der Waals surface area contributed by atoms with E-state index in [2.05, 4.69) is 20.9 Å². The van der Waals surface area contributed by atoms with E-state index in [0.29, 0.717) is 19.3 Å². The Balaban J connectivity index is 4.95. The van der Waals surface area contributed by atoms with E-state index in [1.54, 1.807) is 6.92 Å². The van der Waals surface area contributed by atoms with Gasteiger partial charge in [0.15, 0.2) is 5.96 Å². The van der Waals surface area contributed by atoms with Gasteiger partial charge in [0.2, 0.25) is 17.7 Å². The summed E-state index contributed by atoms with van der Waals surface area (Å²) in [4.78, 5) is 52.4. The number of aliphatic carboxylic acids is 1. The third kappa shape index (κ3) is 12.1. The fraction of sp³-hybridized carbons (Fsp3) is 0.750. The van der Waals surface area contributed by atoms with Crippen LogP contribution < -0.4 is 33.2 Å². The average Bonchev–Trinajstić information content (AvgIpc) is 2.70. The van der Waals surface area contributed by atoms with E-state index in [1.165, 1.54) is 0 Å². The second kappa shape index (κ2) is 15.0. The summed E-state index contributed by atoms with van der Waals surface area (Å²) in [5.41, 5.74) is 16.3. The molecule has 4 atom stereocenters. The first-order chi connectivity index (χ1) is 14.9. The number of nitrogens with zero attached hydrogens (tertiary/aromatic N) is 1. The summed E-state index contributed by atoms with van der Waals surface area (Å²) in [6.07, 6.45) is 1.50. The van der Waals surface area contributed by atoms with E-state index in [4.69, 9.17) is 17.2 Å². The topological polar surface area (TPSA) is 215 Å². The summed E-state index contributed by atoms with van der Waals surface area (Å²) in [6, 6.07) is -2.85. The number of carbonyl (C=O) groups excluding carboxylic acids is 3. The van der Waals surface area contributed by atoms with Gasteiger partial charge in [0.05, 0.1) is 12.6 Å². The fourth-order valence-corrected chi connectivity index (χ4v) is 2.86. The molecule has 0 rings (SSSR count). The molecule has 0 radical (unpaired) electrons. The Labute approximate surface area is 189 Å². The Bertz CT molecular complexity index is 665. The number of hydrogen-bond donors (Lipinski definition) is 7. The molecule has 184 valence electrons. The van der Waals surface area contributed by atoms with Gasteiger partial charge >= 0.3 is 5.97 Å². The predicted molar refractivity (Wildman–Crippen MR) is 121 cm³/mol. The predicted octanol–water partition coefficient (Wildman–Crippen LogP) is -1.37. The van der Waals surface area contributed by atoms with Crippen LogP contribution in [0.4, 0.5) is 0 Å². The minimum atomic E-state index is -1.20. The third-order valence-electron chi connectivity index (χ3n) is 4.86. The number of guanidine groups is 1. The van der Waals surface area contributed by atoms with Crippen LogP contribution in [0.5, 0.6) is 0 Å². The van der Waals surface area contributed by atoms with Crippen LogP contribution in [0.1, 0.15) is 53.4 Å². The second-order valence-corrected chi connectivity index (χ2v) is 8.23. The lowest BCUT2D eigenvalue weighted by Crippen LogP contribution is -2.55. The second-order valence-electron chi connectivity index (χ2n) is 8.23. The lowest BCUT2D eigenvalue weighted by molar-refractivity contribution is -0.142. The normalized spacial score (nSPS) is 14.6. The van der Waals surface area contributed by atoms with E-state index < -0.39 is 41.8 Å².